The lowest BCUT2D eigenvalue weighted by atomic mass is 9.71. The number of carbonyl (C=O) groups is 2. The average Bonchev–Trinajstić information content (AvgIpc) is 2.68. The number of ketones is 1. The van der Waals surface area contributed by atoms with Crippen LogP contribution in [0, 0.1) is 0 Å². The molecule has 1 heterocycles. The summed E-state index contributed by atoms with van der Waals surface area (Å²) in [5, 5.41) is 2.86. The van der Waals surface area contributed by atoms with E-state index in [1.807, 2.05) is 0 Å². The fourth-order valence-corrected chi connectivity index (χ4v) is 3.20. The lowest BCUT2D eigenvalue weighted by Gasteiger charge is -2.43. The number of Topliss-reactive ketones (excluding diaryl/α,β-unsaturated/α-hetero) is 1. The molecular weight excluding hydrogens is 413 g/mol. The first-order valence-electron chi connectivity index (χ1n) is 8.74. The minimum atomic E-state index is -4.54. The quantitative estimate of drug-likeness (QED) is 0.214. The van der Waals surface area contributed by atoms with Gasteiger partial charge in [-0.15, -0.1) is 0 Å². The third-order valence-corrected chi connectivity index (χ3v) is 4.90. The predicted octanol–water partition coefficient (Wildman–Crippen LogP) is 3.04. The van der Waals surface area contributed by atoms with E-state index in [9.17, 15) is 31.5 Å². The van der Waals surface area contributed by atoms with Crippen molar-refractivity contribution < 1.29 is 31.5 Å². The van der Waals surface area contributed by atoms with Crippen LogP contribution >= 0.6 is 0 Å². The van der Waals surface area contributed by atoms with Gasteiger partial charge in [0.25, 0.3) is 5.91 Å². The van der Waals surface area contributed by atoms with E-state index >= 15 is 0 Å². The molecule has 1 aromatic heterocycles. The van der Waals surface area contributed by atoms with Gasteiger partial charge in [-0.25, -0.2) is 24.6 Å². The molecule has 1 saturated carbocycles. The number of hydrazine groups is 1. The number of nitrogen functional groups attached to an aromatic ring is 1. The maximum atomic E-state index is 13.1. The Kier molecular flexibility index (Phi) is 5.70. The minimum Gasteiger partial charge on any atom is -0.345 e. The van der Waals surface area contributed by atoms with Gasteiger partial charge in [-0.2, -0.15) is 13.2 Å². The second-order valence-corrected chi connectivity index (χ2v) is 6.73. The number of nitrogens with one attached hydrogen (secondary N) is 2. The van der Waals surface area contributed by atoms with Crippen LogP contribution in [0.5, 0.6) is 0 Å². The van der Waals surface area contributed by atoms with Gasteiger partial charge in [0.15, 0.2) is 0 Å². The number of nitrogens with two attached hydrogens (primary N) is 1. The molecule has 0 unspecified atom stereocenters. The van der Waals surface area contributed by atoms with Crippen molar-refractivity contribution in [3.63, 3.8) is 0 Å². The van der Waals surface area contributed by atoms with Crippen molar-refractivity contribution in [2.45, 2.75) is 37.4 Å². The highest BCUT2D eigenvalue weighted by Crippen LogP contribution is 2.45. The number of benzene rings is 1. The maximum absolute atomic E-state index is 13.1. The Morgan fingerprint density at radius 1 is 1.20 bits per heavy atom. The zero-order chi connectivity index (χ0) is 22.1. The molecule has 30 heavy (non-hydrogen) atoms. The van der Waals surface area contributed by atoms with Crippen LogP contribution < -0.4 is 16.6 Å². The maximum Gasteiger partial charge on any atom is 0.416 e. The summed E-state index contributed by atoms with van der Waals surface area (Å²) in [6, 6.07) is 4.70. The molecule has 2 aromatic rings. The third kappa shape index (κ3) is 4.08. The zero-order valence-electron chi connectivity index (χ0n) is 15.3. The molecule has 0 aliphatic heterocycles. The number of amides is 1. The Bertz CT molecular complexity index is 976. The molecule has 12 heteroatoms. The number of nitrogens with zero attached hydrogens (tertiary/aromatic N) is 2. The van der Waals surface area contributed by atoms with Crippen LogP contribution in [-0.4, -0.2) is 28.1 Å². The Morgan fingerprint density at radius 3 is 2.43 bits per heavy atom. The van der Waals surface area contributed by atoms with Crippen LogP contribution in [0.1, 0.15) is 51.2 Å². The predicted molar refractivity (Wildman–Crippen MR) is 94.6 cm³/mol. The van der Waals surface area contributed by atoms with E-state index in [-0.39, 0.29) is 5.95 Å². The first-order valence-corrected chi connectivity index (χ1v) is 8.74. The highest BCUT2D eigenvalue weighted by molar-refractivity contribution is 6.07. The second-order valence-electron chi connectivity index (χ2n) is 6.73. The van der Waals surface area contributed by atoms with Gasteiger partial charge in [0.2, 0.25) is 11.7 Å². The third-order valence-electron chi connectivity index (χ3n) is 4.90. The lowest BCUT2D eigenvalue weighted by Crippen LogP contribution is -2.43. The normalized spacial score (nSPS) is 15.4. The van der Waals surface area contributed by atoms with Gasteiger partial charge in [0, 0.05) is 6.20 Å². The number of carbonyl (C=O) groups excluding carboxylic acids is 2. The van der Waals surface area contributed by atoms with E-state index in [1.165, 1.54) is 12.1 Å². The standard InChI is InChI=1S/C18H16F5N5O2/c19-14(20)13(29)12-11(15(30)28-24)8-25-16(26-12)27-17(5-2-6-17)9-3-1-4-10(7-9)18(21,22)23/h1,3-4,7-8,14H,2,5-6,24H2,(H,28,30)(H,25,26,27). The van der Waals surface area contributed by atoms with Crippen LogP contribution in [0.15, 0.2) is 30.5 Å². The highest BCUT2D eigenvalue weighted by atomic mass is 19.4. The highest BCUT2D eigenvalue weighted by Gasteiger charge is 2.41. The van der Waals surface area contributed by atoms with E-state index in [1.54, 1.807) is 5.43 Å². The summed E-state index contributed by atoms with van der Waals surface area (Å²) in [4.78, 5) is 31.1. The van der Waals surface area contributed by atoms with E-state index in [2.05, 4.69) is 15.3 Å². The fraction of sp³-hybridized carbons (Fsp3) is 0.333. The number of alkyl halides is 5. The zero-order valence-corrected chi connectivity index (χ0v) is 15.3. The Balaban J connectivity index is 1.99. The van der Waals surface area contributed by atoms with E-state index in [4.69, 9.17) is 5.84 Å². The minimum absolute atomic E-state index is 0.273. The van der Waals surface area contributed by atoms with Gasteiger partial charge >= 0.3 is 12.6 Å². The molecular formula is C18H16F5N5O2. The summed E-state index contributed by atoms with van der Waals surface area (Å²) >= 11 is 0. The Labute approximate surface area is 166 Å². The molecule has 4 N–H and O–H groups in total. The van der Waals surface area contributed by atoms with Gasteiger partial charge in [-0.05, 0) is 37.0 Å². The van der Waals surface area contributed by atoms with E-state index in [0.29, 0.717) is 24.8 Å². The number of rotatable bonds is 6. The van der Waals surface area contributed by atoms with E-state index < -0.39 is 46.7 Å². The molecule has 1 fully saturated rings. The van der Waals surface area contributed by atoms with Crippen LogP contribution in [0.2, 0.25) is 0 Å². The van der Waals surface area contributed by atoms with Gasteiger partial charge < -0.3 is 5.32 Å². The van der Waals surface area contributed by atoms with Crippen LogP contribution in [0.25, 0.3) is 0 Å². The average molecular weight is 429 g/mol. The van der Waals surface area contributed by atoms with E-state index in [0.717, 1.165) is 18.3 Å². The second kappa shape index (κ2) is 7.94. The van der Waals surface area contributed by atoms with Gasteiger partial charge in [-0.3, -0.25) is 15.0 Å². The van der Waals surface area contributed by atoms with Crippen molar-refractivity contribution in [2.75, 3.05) is 5.32 Å². The number of halogens is 5. The molecule has 160 valence electrons. The lowest BCUT2D eigenvalue weighted by molar-refractivity contribution is -0.137. The first-order chi connectivity index (χ1) is 14.1. The van der Waals surface area contributed by atoms with Crippen molar-refractivity contribution in [2.24, 2.45) is 5.84 Å². The molecule has 0 bridgehead atoms. The molecule has 0 radical (unpaired) electrons. The summed E-state index contributed by atoms with van der Waals surface area (Å²) < 4.78 is 65.1. The van der Waals surface area contributed by atoms with Crippen LogP contribution in [0.3, 0.4) is 0 Å². The van der Waals surface area contributed by atoms with Crippen molar-refractivity contribution in [1.29, 1.82) is 0 Å². The summed E-state index contributed by atoms with van der Waals surface area (Å²) in [7, 11) is 0. The van der Waals surface area contributed by atoms with Gasteiger partial charge in [0.05, 0.1) is 16.7 Å². The van der Waals surface area contributed by atoms with Crippen molar-refractivity contribution >= 4 is 17.6 Å². The summed E-state index contributed by atoms with van der Waals surface area (Å²) in [6.07, 6.45) is -5.56. The molecule has 1 aliphatic rings. The molecule has 1 aromatic carbocycles. The van der Waals surface area contributed by atoms with Crippen molar-refractivity contribution in [3.05, 3.63) is 52.8 Å². The largest absolute Gasteiger partial charge is 0.416 e. The SMILES string of the molecule is NNC(=O)c1cnc(NC2(c3cccc(C(F)(F)F)c3)CCC2)nc1C(=O)C(F)F. The molecule has 0 saturated heterocycles. The first kappa shape index (κ1) is 21.6. The fourth-order valence-electron chi connectivity index (χ4n) is 3.20. The van der Waals surface area contributed by atoms with Gasteiger partial charge in [-0.1, -0.05) is 12.1 Å². The number of hydrogen-bond donors (Lipinski definition) is 3. The summed E-state index contributed by atoms with van der Waals surface area (Å²) in [6.45, 7) is 0. The van der Waals surface area contributed by atoms with Gasteiger partial charge in [0.1, 0.15) is 5.69 Å². The Hall–Kier alpha value is -3.15. The molecule has 1 aliphatic carbocycles. The monoisotopic (exact) mass is 429 g/mol. The van der Waals surface area contributed by atoms with Crippen LogP contribution in [0.4, 0.5) is 27.9 Å². The molecule has 3 rings (SSSR count). The molecule has 0 spiro atoms. The number of anilines is 1. The smallest absolute Gasteiger partial charge is 0.345 e. The Morgan fingerprint density at radius 2 is 1.90 bits per heavy atom. The van der Waals surface area contributed by atoms with Crippen LogP contribution in [-0.2, 0) is 11.7 Å². The topological polar surface area (TPSA) is 110 Å². The molecule has 1 amide bonds. The molecule has 0 atom stereocenters. The van der Waals surface area contributed by atoms with Crippen molar-refractivity contribution in [3.8, 4) is 0 Å². The summed E-state index contributed by atoms with van der Waals surface area (Å²) in [5.41, 5.74) is -1.17. The summed E-state index contributed by atoms with van der Waals surface area (Å²) in [5.74, 6) is 1.96. The number of aromatic nitrogens is 2. The molecule has 7 nitrogen and oxygen atoms in total. The number of hydrogen-bond acceptors (Lipinski definition) is 6. The van der Waals surface area contributed by atoms with Crippen molar-refractivity contribution in [1.82, 2.24) is 15.4 Å².